The van der Waals surface area contributed by atoms with Gasteiger partial charge in [0.1, 0.15) is 17.6 Å². The lowest BCUT2D eigenvalue weighted by molar-refractivity contribution is 0.0526. The zero-order valence-electron chi connectivity index (χ0n) is 16.9. The molecule has 3 rings (SSSR count). The number of nitrogens with zero attached hydrogens (tertiary/aromatic N) is 2. The molecule has 0 aliphatic rings. The molecular weight excluding hydrogens is 406 g/mol. The Labute approximate surface area is 175 Å². The molecular formula is C21H23N3O5S. The van der Waals surface area contributed by atoms with Gasteiger partial charge in [-0.2, -0.15) is 4.72 Å². The van der Waals surface area contributed by atoms with Crippen molar-refractivity contribution in [3.63, 3.8) is 0 Å². The van der Waals surface area contributed by atoms with Crippen LogP contribution in [-0.4, -0.2) is 37.7 Å². The van der Waals surface area contributed by atoms with Crippen LogP contribution in [0.5, 0.6) is 5.75 Å². The Hall–Kier alpha value is -3.17. The number of ether oxygens (including phenoxy) is 2. The maximum absolute atomic E-state index is 13.1. The Morgan fingerprint density at radius 1 is 1.20 bits per heavy atom. The fourth-order valence-electron chi connectivity index (χ4n) is 2.95. The van der Waals surface area contributed by atoms with Crippen molar-refractivity contribution >= 4 is 16.0 Å². The van der Waals surface area contributed by atoms with Gasteiger partial charge in [0.2, 0.25) is 10.0 Å². The van der Waals surface area contributed by atoms with Gasteiger partial charge in [0.25, 0.3) is 0 Å². The zero-order chi connectivity index (χ0) is 21.7. The first-order valence-corrected chi connectivity index (χ1v) is 10.7. The molecule has 8 nitrogen and oxygen atoms in total. The van der Waals surface area contributed by atoms with Crippen LogP contribution in [0.25, 0.3) is 0 Å². The molecule has 0 saturated heterocycles. The average molecular weight is 429 g/mol. The summed E-state index contributed by atoms with van der Waals surface area (Å²) in [6.07, 6.45) is 3.34. The number of carbonyl (C=O) groups is 1. The second kappa shape index (κ2) is 9.10. The summed E-state index contributed by atoms with van der Waals surface area (Å²) in [5.41, 5.74) is 0.958. The van der Waals surface area contributed by atoms with Gasteiger partial charge in [-0.15, -0.1) is 0 Å². The predicted molar refractivity (Wildman–Crippen MR) is 111 cm³/mol. The molecule has 158 valence electrons. The van der Waals surface area contributed by atoms with E-state index in [-0.39, 0.29) is 17.1 Å². The predicted octanol–water partition coefficient (Wildman–Crippen LogP) is 2.67. The SMILES string of the molecule is CCOC(=O)c1ccc(S(=O)(=O)N[C@H](c2cccc(OC)c2)c2nccn2C)cc1. The van der Waals surface area contributed by atoms with Crippen LogP contribution in [0.15, 0.2) is 65.8 Å². The fraction of sp³-hybridized carbons (Fsp3) is 0.238. The molecule has 0 radical (unpaired) electrons. The summed E-state index contributed by atoms with van der Waals surface area (Å²) < 4.78 is 40.8. The normalized spacial score (nSPS) is 12.4. The summed E-state index contributed by atoms with van der Waals surface area (Å²) in [5.74, 6) is 0.622. The number of rotatable bonds is 8. The van der Waals surface area contributed by atoms with Gasteiger partial charge < -0.3 is 14.0 Å². The van der Waals surface area contributed by atoms with Crippen molar-refractivity contribution in [2.75, 3.05) is 13.7 Å². The second-order valence-corrected chi connectivity index (χ2v) is 8.19. The number of nitrogens with one attached hydrogen (secondary N) is 1. The van der Waals surface area contributed by atoms with E-state index in [1.165, 1.54) is 24.3 Å². The first-order chi connectivity index (χ1) is 14.4. The lowest BCUT2D eigenvalue weighted by Gasteiger charge is -2.20. The highest BCUT2D eigenvalue weighted by atomic mass is 32.2. The Morgan fingerprint density at radius 3 is 2.53 bits per heavy atom. The summed E-state index contributed by atoms with van der Waals surface area (Å²) in [5, 5.41) is 0. The molecule has 0 amide bonds. The van der Waals surface area contributed by atoms with Gasteiger partial charge in [0.15, 0.2) is 0 Å². The minimum Gasteiger partial charge on any atom is -0.497 e. The van der Waals surface area contributed by atoms with Crippen LogP contribution in [-0.2, 0) is 21.8 Å². The molecule has 1 heterocycles. The van der Waals surface area contributed by atoms with Gasteiger partial charge in [0.05, 0.1) is 24.2 Å². The maximum Gasteiger partial charge on any atom is 0.338 e. The van der Waals surface area contributed by atoms with Crippen LogP contribution in [0.3, 0.4) is 0 Å². The number of imidazole rings is 1. The zero-order valence-corrected chi connectivity index (χ0v) is 17.7. The monoisotopic (exact) mass is 429 g/mol. The first-order valence-electron chi connectivity index (χ1n) is 9.26. The van der Waals surface area contributed by atoms with E-state index in [0.29, 0.717) is 17.1 Å². The maximum atomic E-state index is 13.1. The van der Waals surface area contributed by atoms with Gasteiger partial charge >= 0.3 is 5.97 Å². The van der Waals surface area contributed by atoms with Crippen LogP contribution in [0.4, 0.5) is 0 Å². The number of sulfonamides is 1. The summed E-state index contributed by atoms with van der Waals surface area (Å²) in [4.78, 5) is 16.2. The number of aryl methyl sites for hydroxylation is 1. The van der Waals surface area contributed by atoms with Crippen LogP contribution in [0.2, 0.25) is 0 Å². The lowest BCUT2D eigenvalue weighted by Crippen LogP contribution is -2.31. The number of hydrogen-bond acceptors (Lipinski definition) is 6. The molecule has 1 N–H and O–H groups in total. The number of hydrogen-bond donors (Lipinski definition) is 1. The molecule has 0 fully saturated rings. The minimum atomic E-state index is -3.92. The number of carbonyl (C=O) groups excluding carboxylic acids is 1. The number of esters is 1. The molecule has 0 aliphatic heterocycles. The quantitative estimate of drug-likeness (QED) is 0.553. The van der Waals surface area contributed by atoms with Gasteiger partial charge in [-0.1, -0.05) is 12.1 Å². The van der Waals surface area contributed by atoms with E-state index >= 15 is 0 Å². The number of aromatic nitrogens is 2. The molecule has 1 aromatic heterocycles. The Morgan fingerprint density at radius 2 is 1.93 bits per heavy atom. The van der Waals surface area contributed by atoms with E-state index in [1.807, 2.05) is 0 Å². The van der Waals surface area contributed by atoms with Crippen molar-refractivity contribution in [3.8, 4) is 5.75 Å². The van der Waals surface area contributed by atoms with Crippen molar-refractivity contribution in [2.24, 2.45) is 7.05 Å². The van der Waals surface area contributed by atoms with Crippen molar-refractivity contribution < 1.29 is 22.7 Å². The molecule has 3 aromatic rings. The summed E-state index contributed by atoms with van der Waals surface area (Å²) in [6.45, 7) is 1.95. The molecule has 0 bridgehead atoms. The Kier molecular flexibility index (Phi) is 6.53. The standard InChI is InChI=1S/C21H23N3O5S/c1-4-29-21(25)15-8-10-18(11-9-15)30(26,27)23-19(20-22-12-13-24(20)2)16-6-5-7-17(14-16)28-3/h5-14,19,23H,4H2,1-3H3/t19-/m1/s1. The Bertz CT molecular complexity index is 1120. The van der Waals surface area contributed by atoms with E-state index in [4.69, 9.17) is 9.47 Å². The number of benzene rings is 2. The van der Waals surface area contributed by atoms with Gasteiger partial charge in [-0.05, 0) is 48.9 Å². The largest absolute Gasteiger partial charge is 0.497 e. The topological polar surface area (TPSA) is 99.5 Å². The molecule has 0 unspecified atom stereocenters. The third kappa shape index (κ3) is 4.69. The smallest absolute Gasteiger partial charge is 0.338 e. The highest BCUT2D eigenvalue weighted by Crippen LogP contribution is 2.26. The molecule has 0 spiro atoms. The van der Waals surface area contributed by atoms with Crippen molar-refractivity contribution in [3.05, 3.63) is 77.9 Å². The van der Waals surface area contributed by atoms with Gasteiger partial charge in [-0.3, -0.25) is 0 Å². The highest BCUT2D eigenvalue weighted by molar-refractivity contribution is 7.89. The van der Waals surface area contributed by atoms with Crippen molar-refractivity contribution in [1.29, 1.82) is 0 Å². The summed E-state index contributed by atoms with van der Waals surface area (Å²) >= 11 is 0. The third-order valence-corrected chi connectivity index (χ3v) is 5.93. The van der Waals surface area contributed by atoms with Gasteiger partial charge in [-0.25, -0.2) is 18.2 Å². The minimum absolute atomic E-state index is 0.0256. The van der Waals surface area contributed by atoms with Crippen LogP contribution in [0.1, 0.15) is 34.7 Å². The molecule has 1 atom stereocenters. The highest BCUT2D eigenvalue weighted by Gasteiger charge is 2.26. The lowest BCUT2D eigenvalue weighted by atomic mass is 10.1. The first kappa shape index (κ1) is 21.5. The van der Waals surface area contributed by atoms with E-state index in [0.717, 1.165) is 0 Å². The molecule has 0 aliphatic carbocycles. The Balaban J connectivity index is 1.95. The summed E-state index contributed by atoms with van der Waals surface area (Å²) in [6, 6.07) is 12.0. The van der Waals surface area contributed by atoms with Crippen LogP contribution in [0, 0.1) is 0 Å². The van der Waals surface area contributed by atoms with E-state index in [1.54, 1.807) is 62.3 Å². The fourth-order valence-corrected chi connectivity index (χ4v) is 4.14. The van der Waals surface area contributed by atoms with E-state index in [2.05, 4.69) is 9.71 Å². The molecule has 0 saturated carbocycles. The van der Waals surface area contributed by atoms with E-state index in [9.17, 15) is 13.2 Å². The van der Waals surface area contributed by atoms with Crippen molar-refractivity contribution in [2.45, 2.75) is 17.9 Å². The van der Waals surface area contributed by atoms with Crippen LogP contribution >= 0.6 is 0 Å². The third-order valence-electron chi connectivity index (χ3n) is 4.49. The molecule has 30 heavy (non-hydrogen) atoms. The number of methoxy groups -OCH3 is 1. The average Bonchev–Trinajstić information content (AvgIpc) is 3.18. The van der Waals surface area contributed by atoms with Crippen molar-refractivity contribution in [1.82, 2.24) is 14.3 Å². The van der Waals surface area contributed by atoms with E-state index < -0.39 is 22.0 Å². The van der Waals surface area contributed by atoms with Crippen LogP contribution < -0.4 is 9.46 Å². The molecule has 2 aromatic carbocycles. The second-order valence-electron chi connectivity index (χ2n) is 6.47. The summed E-state index contributed by atoms with van der Waals surface area (Å²) in [7, 11) is -0.586. The molecule has 9 heteroatoms. The van der Waals surface area contributed by atoms with Gasteiger partial charge in [0, 0.05) is 19.4 Å².